The van der Waals surface area contributed by atoms with E-state index in [0.717, 1.165) is 18.4 Å². The zero-order valence-corrected chi connectivity index (χ0v) is 17.2. The third-order valence-corrected chi connectivity index (χ3v) is 4.84. The van der Waals surface area contributed by atoms with Crippen molar-refractivity contribution in [2.45, 2.75) is 32.4 Å². The molecular weight excluding hydrogens is 388 g/mol. The molecule has 2 aromatic rings. The first-order chi connectivity index (χ1) is 14.2. The van der Waals surface area contributed by atoms with Crippen LogP contribution >= 0.6 is 12.2 Å². The Morgan fingerprint density at radius 1 is 1.28 bits per heavy atom. The molecule has 0 unspecified atom stereocenters. The number of ether oxygens (including phenoxy) is 1. The summed E-state index contributed by atoms with van der Waals surface area (Å²) < 4.78 is 5.05. The van der Waals surface area contributed by atoms with Crippen molar-refractivity contribution in [1.82, 2.24) is 20.2 Å². The Balaban J connectivity index is 1.49. The van der Waals surface area contributed by atoms with Gasteiger partial charge in [0.25, 0.3) is 0 Å². The highest BCUT2D eigenvalue weighted by Crippen LogP contribution is 2.18. The molecule has 0 aliphatic carbocycles. The van der Waals surface area contributed by atoms with Crippen LogP contribution in [0.5, 0.6) is 0 Å². The first-order valence-electron chi connectivity index (χ1n) is 9.72. The lowest BCUT2D eigenvalue weighted by Gasteiger charge is -2.32. The molecule has 3 rings (SSSR count). The van der Waals surface area contributed by atoms with Gasteiger partial charge in [0.1, 0.15) is 12.0 Å². The first-order valence-corrected chi connectivity index (χ1v) is 10.1. The summed E-state index contributed by atoms with van der Waals surface area (Å²) in [5, 5.41) is 10.3. The SMILES string of the molecule is CCOC(=O)N1CCC(NC(=S)Nc2cncnc2NCc2ccccc2)CC1. The molecule has 29 heavy (non-hydrogen) atoms. The summed E-state index contributed by atoms with van der Waals surface area (Å²) in [6.45, 7) is 4.16. The van der Waals surface area contributed by atoms with Gasteiger partial charge >= 0.3 is 6.09 Å². The maximum absolute atomic E-state index is 11.8. The fraction of sp³-hybridized carbons (Fsp3) is 0.400. The van der Waals surface area contributed by atoms with E-state index in [1.54, 1.807) is 11.1 Å². The smallest absolute Gasteiger partial charge is 0.409 e. The Morgan fingerprint density at radius 3 is 2.76 bits per heavy atom. The van der Waals surface area contributed by atoms with Crippen molar-refractivity contribution in [3.63, 3.8) is 0 Å². The van der Waals surface area contributed by atoms with E-state index in [4.69, 9.17) is 17.0 Å². The monoisotopic (exact) mass is 414 g/mol. The van der Waals surface area contributed by atoms with Gasteiger partial charge in [0.15, 0.2) is 10.9 Å². The summed E-state index contributed by atoms with van der Waals surface area (Å²) in [6, 6.07) is 10.3. The molecular formula is C20H26N6O2S. The summed E-state index contributed by atoms with van der Waals surface area (Å²) in [4.78, 5) is 21.9. The van der Waals surface area contributed by atoms with Crippen molar-refractivity contribution in [3.8, 4) is 0 Å². The van der Waals surface area contributed by atoms with Crippen LogP contribution in [0.2, 0.25) is 0 Å². The summed E-state index contributed by atoms with van der Waals surface area (Å²) in [5.74, 6) is 0.685. The summed E-state index contributed by atoms with van der Waals surface area (Å²) in [5.41, 5.74) is 1.87. The van der Waals surface area contributed by atoms with Gasteiger partial charge in [-0.05, 0) is 37.5 Å². The molecule has 0 radical (unpaired) electrons. The van der Waals surface area contributed by atoms with Crippen LogP contribution in [-0.2, 0) is 11.3 Å². The third kappa shape index (κ3) is 6.28. The number of hydrogen-bond acceptors (Lipinski definition) is 6. The van der Waals surface area contributed by atoms with E-state index in [2.05, 4.69) is 38.1 Å². The molecule has 1 aromatic heterocycles. The molecule has 1 aliphatic rings. The first kappa shape index (κ1) is 20.8. The normalized spacial score (nSPS) is 14.2. The Bertz CT molecular complexity index is 812. The number of anilines is 2. The standard InChI is InChI=1S/C20H26N6O2S/c1-2-28-20(27)26-10-8-16(9-11-26)24-19(29)25-17-13-21-14-23-18(17)22-12-15-6-4-3-5-7-15/h3-7,13-14,16H,2,8-12H2,1H3,(H,21,22,23)(H2,24,25,29). The number of nitrogens with one attached hydrogen (secondary N) is 3. The van der Waals surface area contributed by atoms with Gasteiger partial charge in [-0.2, -0.15) is 0 Å². The van der Waals surface area contributed by atoms with Gasteiger partial charge < -0.3 is 25.6 Å². The second-order valence-electron chi connectivity index (χ2n) is 6.68. The number of carbonyl (C=O) groups excluding carboxylic acids is 1. The lowest BCUT2D eigenvalue weighted by molar-refractivity contribution is 0.0964. The number of likely N-dealkylation sites (tertiary alicyclic amines) is 1. The minimum absolute atomic E-state index is 0.200. The van der Waals surface area contributed by atoms with Crippen LogP contribution < -0.4 is 16.0 Å². The van der Waals surface area contributed by atoms with E-state index in [0.29, 0.717) is 42.9 Å². The largest absolute Gasteiger partial charge is 0.450 e. The van der Waals surface area contributed by atoms with Crippen LogP contribution in [0, 0.1) is 0 Å². The summed E-state index contributed by atoms with van der Waals surface area (Å²) in [7, 11) is 0. The molecule has 0 bridgehead atoms. The molecule has 9 heteroatoms. The molecule has 0 atom stereocenters. The predicted molar refractivity (Wildman–Crippen MR) is 117 cm³/mol. The lowest BCUT2D eigenvalue weighted by atomic mass is 10.1. The number of benzene rings is 1. The average Bonchev–Trinajstić information content (AvgIpc) is 2.74. The van der Waals surface area contributed by atoms with Gasteiger partial charge in [0.2, 0.25) is 0 Å². The highest BCUT2D eigenvalue weighted by molar-refractivity contribution is 7.80. The molecule has 8 nitrogen and oxygen atoms in total. The number of rotatable bonds is 6. The van der Waals surface area contributed by atoms with Crippen LogP contribution in [-0.4, -0.2) is 51.8 Å². The minimum Gasteiger partial charge on any atom is -0.450 e. The Hall–Kier alpha value is -2.94. The summed E-state index contributed by atoms with van der Waals surface area (Å²) >= 11 is 5.47. The minimum atomic E-state index is -0.248. The molecule has 154 valence electrons. The van der Waals surface area contributed by atoms with E-state index in [1.807, 2.05) is 25.1 Å². The highest BCUT2D eigenvalue weighted by Gasteiger charge is 2.24. The molecule has 1 aromatic carbocycles. The molecule has 1 fully saturated rings. The maximum atomic E-state index is 11.8. The van der Waals surface area contributed by atoms with Crippen LogP contribution in [0.15, 0.2) is 42.9 Å². The van der Waals surface area contributed by atoms with Gasteiger partial charge in [-0.1, -0.05) is 30.3 Å². The van der Waals surface area contributed by atoms with Crippen molar-refractivity contribution in [1.29, 1.82) is 0 Å². The molecule has 0 saturated carbocycles. The topological polar surface area (TPSA) is 91.4 Å². The van der Waals surface area contributed by atoms with Gasteiger partial charge in [-0.3, -0.25) is 0 Å². The fourth-order valence-electron chi connectivity index (χ4n) is 3.11. The average molecular weight is 415 g/mol. The number of aromatic nitrogens is 2. The zero-order valence-electron chi connectivity index (χ0n) is 16.4. The summed E-state index contributed by atoms with van der Waals surface area (Å²) in [6.07, 6.45) is 4.57. The Kier molecular flexibility index (Phi) is 7.57. The molecule has 2 heterocycles. The highest BCUT2D eigenvalue weighted by atomic mass is 32.1. The fourth-order valence-corrected chi connectivity index (χ4v) is 3.39. The second-order valence-corrected chi connectivity index (χ2v) is 7.09. The van der Waals surface area contributed by atoms with Gasteiger partial charge in [-0.15, -0.1) is 0 Å². The van der Waals surface area contributed by atoms with E-state index in [1.165, 1.54) is 6.33 Å². The van der Waals surface area contributed by atoms with Gasteiger partial charge in [0, 0.05) is 25.7 Å². The van der Waals surface area contributed by atoms with Crippen LogP contribution in [0.3, 0.4) is 0 Å². The van der Waals surface area contributed by atoms with Crippen molar-refractivity contribution >= 4 is 34.9 Å². The molecule has 1 saturated heterocycles. The number of amides is 1. The number of hydrogen-bond donors (Lipinski definition) is 3. The van der Waals surface area contributed by atoms with Crippen molar-refractivity contribution < 1.29 is 9.53 Å². The van der Waals surface area contributed by atoms with Crippen molar-refractivity contribution in [3.05, 3.63) is 48.4 Å². The van der Waals surface area contributed by atoms with E-state index >= 15 is 0 Å². The second kappa shape index (κ2) is 10.6. The molecule has 0 spiro atoms. The van der Waals surface area contributed by atoms with E-state index < -0.39 is 0 Å². The Morgan fingerprint density at radius 2 is 2.03 bits per heavy atom. The van der Waals surface area contributed by atoms with Gasteiger partial charge in [0.05, 0.1) is 12.8 Å². The quantitative estimate of drug-likeness (QED) is 0.622. The van der Waals surface area contributed by atoms with Crippen LogP contribution in [0.1, 0.15) is 25.3 Å². The van der Waals surface area contributed by atoms with E-state index in [9.17, 15) is 4.79 Å². The molecule has 1 amide bonds. The number of carbonyl (C=O) groups is 1. The third-order valence-electron chi connectivity index (χ3n) is 4.62. The van der Waals surface area contributed by atoms with Gasteiger partial charge in [-0.25, -0.2) is 14.8 Å². The maximum Gasteiger partial charge on any atom is 0.409 e. The van der Waals surface area contributed by atoms with Crippen LogP contribution in [0.25, 0.3) is 0 Å². The molecule has 1 aliphatic heterocycles. The van der Waals surface area contributed by atoms with E-state index in [-0.39, 0.29) is 12.1 Å². The number of piperidine rings is 1. The van der Waals surface area contributed by atoms with Crippen molar-refractivity contribution in [2.24, 2.45) is 0 Å². The Labute approximate surface area is 176 Å². The number of nitrogens with zero attached hydrogens (tertiary/aromatic N) is 3. The molecule has 3 N–H and O–H groups in total. The lowest BCUT2D eigenvalue weighted by Crippen LogP contribution is -2.47. The zero-order chi connectivity index (χ0) is 20.5. The van der Waals surface area contributed by atoms with Crippen molar-refractivity contribution in [2.75, 3.05) is 30.3 Å². The van der Waals surface area contributed by atoms with Crippen LogP contribution in [0.4, 0.5) is 16.3 Å². The number of thiocarbonyl (C=S) groups is 1. The predicted octanol–water partition coefficient (Wildman–Crippen LogP) is 3.00.